The van der Waals surface area contributed by atoms with Gasteiger partial charge in [-0.05, 0) is 12.1 Å². The van der Waals surface area contributed by atoms with E-state index >= 15 is 0 Å². The van der Waals surface area contributed by atoms with Crippen LogP contribution in [0.15, 0.2) is 31.0 Å². The minimum atomic E-state index is -0.755. The van der Waals surface area contributed by atoms with Crippen molar-refractivity contribution in [2.75, 3.05) is 45.8 Å². The number of fused-ring (bicyclic) bond motifs is 1. The number of aromatic nitrogens is 1. The molecule has 3 heterocycles. The number of aliphatic carboxylic acids is 1. The molecule has 0 saturated carbocycles. The number of hydrogen-bond acceptors (Lipinski definition) is 4. The first-order valence-corrected chi connectivity index (χ1v) is 8.31. The monoisotopic (exact) mass is 332 g/mol. The van der Waals surface area contributed by atoms with Crippen LogP contribution in [0.5, 0.6) is 0 Å². The van der Waals surface area contributed by atoms with Crippen LogP contribution in [0, 0.1) is 5.92 Å². The molecule has 0 unspecified atom stereocenters. The number of carbonyl (C=O) groups excluding carboxylic acids is 1. The molecule has 2 fully saturated rings. The molecule has 0 aromatic carbocycles. The van der Waals surface area contributed by atoms with Crippen molar-refractivity contribution in [3.63, 3.8) is 0 Å². The van der Waals surface area contributed by atoms with Gasteiger partial charge in [-0.15, -0.1) is 6.58 Å². The molecule has 130 valence electrons. The third kappa shape index (κ3) is 3.52. The summed E-state index contributed by atoms with van der Waals surface area (Å²) in [5.74, 6) is -1.15. The van der Waals surface area contributed by atoms with Gasteiger partial charge in [-0.3, -0.25) is 19.4 Å². The smallest absolute Gasteiger partial charge is 0.309 e. The summed E-state index contributed by atoms with van der Waals surface area (Å²) < 4.78 is 0. The molecule has 2 N–H and O–H groups in total. The number of H-pyrrole nitrogens is 1. The van der Waals surface area contributed by atoms with Gasteiger partial charge < -0.3 is 15.0 Å². The van der Waals surface area contributed by atoms with E-state index in [1.165, 1.54) is 0 Å². The fraction of sp³-hybridized carbons (Fsp3) is 0.529. The molecule has 1 aromatic rings. The molecule has 1 amide bonds. The van der Waals surface area contributed by atoms with Crippen LogP contribution in [0.3, 0.4) is 0 Å². The van der Waals surface area contributed by atoms with E-state index in [0.717, 1.165) is 6.54 Å². The number of rotatable bonds is 4. The van der Waals surface area contributed by atoms with Gasteiger partial charge in [0.1, 0.15) is 5.69 Å². The molecule has 0 radical (unpaired) electrons. The zero-order valence-electron chi connectivity index (χ0n) is 13.7. The van der Waals surface area contributed by atoms with Gasteiger partial charge >= 0.3 is 5.97 Å². The highest BCUT2D eigenvalue weighted by Crippen LogP contribution is 2.20. The topological polar surface area (TPSA) is 79.9 Å². The first kappa shape index (κ1) is 16.7. The largest absolute Gasteiger partial charge is 0.481 e. The highest BCUT2D eigenvalue weighted by molar-refractivity contribution is 5.92. The number of carbonyl (C=O) groups is 2. The Bertz CT molecular complexity index is 601. The lowest BCUT2D eigenvalue weighted by Crippen LogP contribution is -2.57. The standard InChI is InChI=1S/C17H24N4O3/c1-2-6-19-9-13(17(23)24)10-20-7-8-21(12-14(20)11-19)16(22)15-4-3-5-18-15/h2-5,13-14,18H,1,6-12H2,(H,23,24)/t13-,14-/m0/s1. The molecule has 24 heavy (non-hydrogen) atoms. The van der Waals surface area contributed by atoms with Crippen LogP contribution in [0.4, 0.5) is 0 Å². The SMILES string of the molecule is C=CCN1C[C@H](C(=O)O)CN2CCN(C(=O)c3ccc[nH]3)C[C@@H]2C1. The summed E-state index contributed by atoms with van der Waals surface area (Å²) in [6.07, 6.45) is 3.55. The Labute approximate surface area is 141 Å². The van der Waals surface area contributed by atoms with E-state index in [9.17, 15) is 14.7 Å². The lowest BCUT2D eigenvalue weighted by atomic mass is 10.1. The normalized spacial score (nSPS) is 25.8. The van der Waals surface area contributed by atoms with E-state index in [2.05, 4.69) is 21.4 Å². The first-order valence-electron chi connectivity index (χ1n) is 8.31. The number of nitrogens with one attached hydrogen (secondary N) is 1. The number of aromatic amines is 1. The molecule has 0 aliphatic carbocycles. The van der Waals surface area contributed by atoms with E-state index < -0.39 is 11.9 Å². The van der Waals surface area contributed by atoms with Crippen molar-refractivity contribution in [3.05, 3.63) is 36.7 Å². The molecule has 0 spiro atoms. The molecule has 2 atom stereocenters. The third-order valence-corrected chi connectivity index (χ3v) is 4.86. The number of carboxylic acids is 1. The lowest BCUT2D eigenvalue weighted by Gasteiger charge is -2.41. The number of carboxylic acid groups (broad SMARTS) is 1. The summed E-state index contributed by atoms with van der Waals surface area (Å²) in [7, 11) is 0. The van der Waals surface area contributed by atoms with Crippen molar-refractivity contribution in [2.24, 2.45) is 5.92 Å². The van der Waals surface area contributed by atoms with E-state index in [1.807, 2.05) is 11.0 Å². The second-order valence-electron chi connectivity index (χ2n) is 6.53. The lowest BCUT2D eigenvalue weighted by molar-refractivity contribution is -0.142. The summed E-state index contributed by atoms with van der Waals surface area (Å²) in [6.45, 7) is 8.21. The van der Waals surface area contributed by atoms with Crippen molar-refractivity contribution in [2.45, 2.75) is 6.04 Å². The number of hydrogen-bond donors (Lipinski definition) is 2. The summed E-state index contributed by atoms with van der Waals surface area (Å²) in [5.41, 5.74) is 0.600. The molecule has 7 heteroatoms. The number of amides is 1. The van der Waals surface area contributed by atoms with Gasteiger partial charge in [-0.25, -0.2) is 0 Å². The highest BCUT2D eigenvalue weighted by atomic mass is 16.4. The quantitative estimate of drug-likeness (QED) is 0.778. The molecule has 2 aliphatic rings. The second-order valence-corrected chi connectivity index (χ2v) is 6.53. The fourth-order valence-corrected chi connectivity index (χ4v) is 3.64. The third-order valence-electron chi connectivity index (χ3n) is 4.86. The minimum absolute atomic E-state index is 0.00829. The Morgan fingerprint density at radius 1 is 1.29 bits per heavy atom. The van der Waals surface area contributed by atoms with Gasteiger partial charge in [-0.2, -0.15) is 0 Å². The number of nitrogens with zero attached hydrogens (tertiary/aromatic N) is 3. The van der Waals surface area contributed by atoms with Gasteiger partial charge in [0.25, 0.3) is 5.91 Å². The zero-order valence-corrected chi connectivity index (χ0v) is 13.7. The summed E-state index contributed by atoms with van der Waals surface area (Å²) in [4.78, 5) is 33.2. The van der Waals surface area contributed by atoms with Crippen molar-refractivity contribution < 1.29 is 14.7 Å². The molecular formula is C17H24N4O3. The van der Waals surface area contributed by atoms with Crippen molar-refractivity contribution in [1.82, 2.24) is 19.7 Å². The van der Waals surface area contributed by atoms with Gasteiger partial charge in [0.15, 0.2) is 0 Å². The predicted octanol–water partition coefficient (Wildman–Crippen LogP) is 0.344. The Morgan fingerprint density at radius 3 is 2.79 bits per heavy atom. The van der Waals surface area contributed by atoms with E-state index in [1.54, 1.807) is 18.3 Å². The van der Waals surface area contributed by atoms with Crippen LogP contribution < -0.4 is 0 Å². The van der Waals surface area contributed by atoms with Crippen molar-refractivity contribution in [3.8, 4) is 0 Å². The van der Waals surface area contributed by atoms with Crippen molar-refractivity contribution in [1.29, 1.82) is 0 Å². The second kappa shape index (κ2) is 7.19. The molecule has 1 aromatic heterocycles. The average molecular weight is 332 g/mol. The van der Waals surface area contributed by atoms with Crippen LogP contribution in [0.2, 0.25) is 0 Å². The molecule has 7 nitrogen and oxygen atoms in total. The maximum atomic E-state index is 12.6. The van der Waals surface area contributed by atoms with E-state index in [4.69, 9.17) is 0 Å². The Kier molecular flexibility index (Phi) is 5.01. The Hall–Kier alpha value is -2.12. The van der Waals surface area contributed by atoms with Gasteiger partial charge in [0, 0.05) is 58.1 Å². The van der Waals surface area contributed by atoms with E-state index in [0.29, 0.717) is 45.0 Å². The molecular weight excluding hydrogens is 308 g/mol. The fourth-order valence-electron chi connectivity index (χ4n) is 3.64. The van der Waals surface area contributed by atoms with Gasteiger partial charge in [-0.1, -0.05) is 6.08 Å². The molecule has 3 rings (SSSR count). The van der Waals surface area contributed by atoms with Gasteiger partial charge in [0.05, 0.1) is 5.92 Å². The average Bonchev–Trinajstić information content (AvgIpc) is 3.02. The highest BCUT2D eigenvalue weighted by Gasteiger charge is 2.37. The molecule has 0 bridgehead atoms. The van der Waals surface area contributed by atoms with Gasteiger partial charge in [0.2, 0.25) is 0 Å². The Morgan fingerprint density at radius 2 is 2.12 bits per heavy atom. The van der Waals surface area contributed by atoms with Crippen LogP contribution in [0.1, 0.15) is 10.5 Å². The van der Waals surface area contributed by atoms with Crippen LogP contribution >= 0.6 is 0 Å². The molecule has 2 saturated heterocycles. The van der Waals surface area contributed by atoms with Crippen LogP contribution in [-0.2, 0) is 4.79 Å². The summed E-state index contributed by atoms with van der Waals surface area (Å²) >= 11 is 0. The summed E-state index contributed by atoms with van der Waals surface area (Å²) in [5, 5.41) is 9.46. The Balaban J connectivity index is 1.72. The maximum absolute atomic E-state index is 12.6. The minimum Gasteiger partial charge on any atom is -0.481 e. The first-order chi connectivity index (χ1) is 11.6. The number of piperazine rings is 1. The predicted molar refractivity (Wildman–Crippen MR) is 89.8 cm³/mol. The van der Waals surface area contributed by atoms with Crippen molar-refractivity contribution >= 4 is 11.9 Å². The maximum Gasteiger partial charge on any atom is 0.309 e. The van der Waals surface area contributed by atoms with Crippen LogP contribution in [-0.4, -0.2) is 88.5 Å². The zero-order chi connectivity index (χ0) is 17.1. The molecule has 2 aliphatic heterocycles. The van der Waals surface area contributed by atoms with Crippen LogP contribution in [0.25, 0.3) is 0 Å². The van der Waals surface area contributed by atoms with E-state index in [-0.39, 0.29) is 11.9 Å². The summed E-state index contributed by atoms with van der Waals surface area (Å²) in [6, 6.07) is 3.76.